The van der Waals surface area contributed by atoms with Crippen LogP contribution in [0.15, 0.2) is 77.2 Å². The van der Waals surface area contributed by atoms with Crippen molar-refractivity contribution in [2.45, 2.75) is 6.04 Å². The quantitative estimate of drug-likeness (QED) is 0.457. The van der Waals surface area contributed by atoms with Crippen molar-refractivity contribution in [1.82, 2.24) is 10.2 Å². The molecule has 0 saturated carbocycles. The molecule has 3 aromatic carbocycles. The summed E-state index contributed by atoms with van der Waals surface area (Å²) in [6.07, 6.45) is 0. The Morgan fingerprint density at radius 3 is 2.36 bits per heavy atom. The maximum Gasteiger partial charge on any atom is 0.249 e. The fraction of sp³-hybridized carbons (Fsp3) is 0.0476. The molecule has 1 aromatic heterocycles. The van der Waals surface area contributed by atoms with E-state index in [1.807, 2.05) is 36.4 Å². The van der Waals surface area contributed by atoms with E-state index in [1.54, 1.807) is 18.2 Å². The molecule has 28 heavy (non-hydrogen) atoms. The Balaban J connectivity index is 1.72. The van der Waals surface area contributed by atoms with Crippen LogP contribution in [0.5, 0.6) is 0 Å². The first kappa shape index (κ1) is 18.1. The van der Waals surface area contributed by atoms with Gasteiger partial charge in [-0.15, -0.1) is 10.2 Å². The second kappa shape index (κ2) is 7.78. The smallest absolute Gasteiger partial charge is 0.249 e. The highest BCUT2D eigenvalue weighted by atomic mass is 35.5. The van der Waals surface area contributed by atoms with Gasteiger partial charge in [-0.2, -0.15) is 0 Å². The predicted molar refractivity (Wildman–Crippen MR) is 103 cm³/mol. The first-order valence-corrected chi connectivity index (χ1v) is 8.84. The summed E-state index contributed by atoms with van der Waals surface area (Å²) in [5.74, 6) is -1.32. The van der Waals surface area contributed by atoms with E-state index < -0.39 is 17.7 Å². The summed E-state index contributed by atoms with van der Waals surface area (Å²) in [6.45, 7) is 0. The van der Waals surface area contributed by atoms with Gasteiger partial charge in [-0.05, 0) is 29.8 Å². The lowest BCUT2D eigenvalue weighted by molar-refractivity contribution is 0.493. The van der Waals surface area contributed by atoms with E-state index in [4.69, 9.17) is 16.0 Å². The van der Waals surface area contributed by atoms with Crippen LogP contribution in [0.25, 0.3) is 11.5 Å². The highest BCUT2D eigenvalue weighted by molar-refractivity contribution is 6.33. The molecule has 140 valence electrons. The zero-order valence-electron chi connectivity index (χ0n) is 14.4. The molecule has 1 atom stereocenters. The van der Waals surface area contributed by atoms with E-state index in [0.717, 1.165) is 17.7 Å². The minimum atomic E-state index is -0.945. The largest absolute Gasteiger partial charge is 0.418 e. The van der Waals surface area contributed by atoms with E-state index in [0.29, 0.717) is 16.3 Å². The zero-order valence-corrected chi connectivity index (χ0v) is 15.2. The van der Waals surface area contributed by atoms with E-state index in [-0.39, 0.29) is 11.8 Å². The molecular weight excluding hydrogens is 384 g/mol. The Labute approximate surface area is 164 Å². The topological polar surface area (TPSA) is 51.0 Å². The minimum Gasteiger partial charge on any atom is -0.418 e. The van der Waals surface area contributed by atoms with Crippen LogP contribution in [0, 0.1) is 11.6 Å². The average Bonchev–Trinajstić information content (AvgIpc) is 3.19. The van der Waals surface area contributed by atoms with E-state index in [1.165, 1.54) is 6.07 Å². The second-order valence-corrected chi connectivity index (χ2v) is 6.45. The van der Waals surface area contributed by atoms with Crippen LogP contribution in [0.1, 0.15) is 17.5 Å². The van der Waals surface area contributed by atoms with Crippen LogP contribution in [-0.2, 0) is 0 Å². The lowest BCUT2D eigenvalue weighted by atomic mass is 10.1. The number of benzene rings is 3. The predicted octanol–water partition coefficient (Wildman–Crippen LogP) is 5.87. The molecular formula is C21H14ClF2N3O. The number of aromatic nitrogens is 2. The van der Waals surface area contributed by atoms with Crippen LogP contribution < -0.4 is 5.32 Å². The fourth-order valence-corrected chi connectivity index (χ4v) is 3.00. The first-order valence-electron chi connectivity index (χ1n) is 8.46. The maximum absolute atomic E-state index is 13.6. The molecule has 0 aliphatic carbocycles. The Hall–Kier alpha value is -3.25. The third kappa shape index (κ3) is 3.73. The number of nitrogens with zero attached hydrogens (tertiary/aromatic N) is 2. The molecule has 0 radical (unpaired) electrons. The summed E-state index contributed by atoms with van der Waals surface area (Å²) in [6, 6.07) is 19.5. The normalized spacial score (nSPS) is 12.0. The van der Waals surface area contributed by atoms with Crippen molar-refractivity contribution in [2.24, 2.45) is 0 Å². The summed E-state index contributed by atoms with van der Waals surface area (Å²) in [4.78, 5) is 0. The molecule has 4 rings (SSSR count). The van der Waals surface area contributed by atoms with E-state index >= 15 is 0 Å². The molecule has 0 aliphatic rings. The molecule has 1 N–H and O–H groups in total. The van der Waals surface area contributed by atoms with Crippen molar-refractivity contribution in [2.75, 3.05) is 5.32 Å². The van der Waals surface area contributed by atoms with Gasteiger partial charge in [0.15, 0.2) is 11.6 Å². The maximum atomic E-state index is 13.6. The first-order chi connectivity index (χ1) is 13.6. The Morgan fingerprint density at radius 1 is 0.857 bits per heavy atom. The van der Waals surface area contributed by atoms with Gasteiger partial charge in [0.1, 0.15) is 6.04 Å². The summed E-state index contributed by atoms with van der Waals surface area (Å²) in [5, 5.41) is 11.8. The molecule has 0 aliphatic heterocycles. The number of rotatable bonds is 5. The summed E-state index contributed by atoms with van der Waals surface area (Å²) in [7, 11) is 0. The standard InChI is InChI=1S/C21H14ClF2N3O/c22-16-9-5-4-8-15(16)20-26-27-21(28-20)19(13-6-2-1-3-7-13)25-14-10-11-17(23)18(24)12-14/h1-12,19,25H/t19-/m1/s1. The van der Waals surface area contributed by atoms with Gasteiger partial charge < -0.3 is 9.73 Å². The average molecular weight is 398 g/mol. The molecule has 1 heterocycles. The summed E-state index contributed by atoms with van der Waals surface area (Å²) >= 11 is 6.21. The number of anilines is 1. The monoisotopic (exact) mass is 397 g/mol. The zero-order chi connectivity index (χ0) is 19.5. The van der Waals surface area contributed by atoms with Crippen molar-refractivity contribution in [3.8, 4) is 11.5 Å². The summed E-state index contributed by atoms with van der Waals surface area (Å²) in [5.41, 5.74) is 1.81. The molecule has 0 fully saturated rings. The van der Waals surface area contributed by atoms with Gasteiger partial charge in [0.05, 0.1) is 10.6 Å². The van der Waals surface area contributed by atoms with Crippen LogP contribution in [0.4, 0.5) is 14.5 Å². The SMILES string of the molecule is Fc1ccc(N[C@H](c2ccccc2)c2nnc(-c3ccccc3Cl)o2)cc1F. The Morgan fingerprint density at radius 2 is 1.61 bits per heavy atom. The van der Waals surface area contributed by atoms with Crippen LogP contribution in [0.2, 0.25) is 5.02 Å². The van der Waals surface area contributed by atoms with E-state index in [2.05, 4.69) is 15.5 Å². The molecule has 7 heteroatoms. The fourth-order valence-electron chi connectivity index (χ4n) is 2.78. The lowest BCUT2D eigenvalue weighted by Gasteiger charge is -2.17. The van der Waals surface area contributed by atoms with Crippen molar-refractivity contribution < 1.29 is 13.2 Å². The van der Waals surface area contributed by atoms with Gasteiger partial charge in [-0.1, -0.05) is 54.1 Å². The number of nitrogens with one attached hydrogen (secondary N) is 1. The van der Waals surface area contributed by atoms with Gasteiger partial charge in [0, 0.05) is 11.8 Å². The Kier molecular flexibility index (Phi) is 5.04. The molecule has 4 nitrogen and oxygen atoms in total. The van der Waals surface area contributed by atoms with Gasteiger partial charge in [0.2, 0.25) is 11.8 Å². The van der Waals surface area contributed by atoms with Crippen molar-refractivity contribution in [3.63, 3.8) is 0 Å². The molecule has 0 saturated heterocycles. The highest BCUT2D eigenvalue weighted by Gasteiger charge is 2.22. The van der Waals surface area contributed by atoms with Crippen molar-refractivity contribution in [3.05, 3.63) is 101 Å². The number of hydrogen-bond donors (Lipinski definition) is 1. The number of halogens is 3. The second-order valence-electron chi connectivity index (χ2n) is 6.04. The van der Waals surface area contributed by atoms with Gasteiger partial charge in [0.25, 0.3) is 0 Å². The molecule has 0 unspecified atom stereocenters. The third-order valence-corrected chi connectivity index (χ3v) is 4.48. The van der Waals surface area contributed by atoms with Crippen molar-refractivity contribution in [1.29, 1.82) is 0 Å². The van der Waals surface area contributed by atoms with Gasteiger partial charge >= 0.3 is 0 Å². The van der Waals surface area contributed by atoms with Crippen LogP contribution in [0.3, 0.4) is 0 Å². The molecule has 0 amide bonds. The molecule has 0 bridgehead atoms. The van der Waals surface area contributed by atoms with Crippen LogP contribution in [-0.4, -0.2) is 10.2 Å². The highest BCUT2D eigenvalue weighted by Crippen LogP contribution is 2.31. The minimum absolute atomic E-state index is 0.269. The molecule has 0 spiro atoms. The Bertz CT molecular complexity index is 1100. The van der Waals surface area contributed by atoms with Gasteiger partial charge in [-0.25, -0.2) is 8.78 Å². The van der Waals surface area contributed by atoms with E-state index in [9.17, 15) is 8.78 Å². The van der Waals surface area contributed by atoms with Crippen molar-refractivity contribution >= 4 is 17.3 Å². The summed E-state index contributed by atoms with van der Waals surface area (Å²) < 4.78 is 32.7. The number of hydrogen-bond acceptors (Lipinski definition) is 4. The third-order valence-electron chi connectivity index (χ3n) is 4.16. The van der Waals surface area contributed by atoms with Gasteiger partial charge in [-0.3, -0.25) is 0 Å². The molecule has 4 aromatic rings. The lowest BCUT2D eigenvalue weighted by Crippen LogP contribution is -2.13. The van der Waals surface area contributed by atoms with Crippen LogP contribution >= 0.6 is 11.6 Å².